The molecule has 5 nitrogen and oxygen atoms in total. The third kappa shape index (κ3) is 2.50. The number of aliphatic hydroxyl groups is 1. The summed E-state index contributed by atoms with van der Waals surface area (Å²) in [5, 5.41) is 9.77. The number of aromatic nitrogens is 1. The van der Waals surface area contributed by atoms with Crippen molar-refractivity contribution >= 4 is 11.6 Å². The topological polar surface area (TPSA) is 56.7 Å². The van der Waals surface area contributed by atoms with Gasteiger partial charge in [0.25, 0.3) is 0 Å². The van der Waals surface area contributed by atoms with E-state index in [2.05, 4.69) is 9.88 Å². The van der Waals surface area contributed by atoms with Crippen LogP contribution >= 0.6 is 0 Å². The molecule has 0 spiro atoms. The largest absolute Gasteiger partial charge is 0.387 e. The molecule has 1 unspecified atom stereocenters. The number of rotatable bonds is 3. The minimum absolute atomic E-state index is 0.112. The van der Waals surface area contributed by atoms with Crippen molar-refractivity contribution < 1.29 is 9.90 Å². The third-order valence-corrected chi connectivity index (χ3v) is 4.01. The van der Waals surface area contributed by atoms with E-state index >= 15 is 0 Å². The van der Waals surface area contributed by atoms with Gasteiger partial charge in [0.15, 0.2) is 0 Å². The van der Waals surface area contributed by atoms with Gasteiger partial charge in [-0.2, -0.15) is 0 Å². The zero-order valence-electron chi connectivity index (χ0n) is 12.6. The maximum absolute atomic E-state index is 12.3. The molecule has 1 aromatic heterocycles. The molecule has 0 saturated carbocycles. The average Bonchev–Trinajstić information content (AvgIpc) is 2.44. The van der Waals surface area contributed by atoms with Gasteiger partial charge in [-0.05, 0) is 32.4 Å². The van der Waals surface area contributed by atoms with Crippen LogP contribution in [0.1, 0.15) is 39.0 Å². The molecule has 1 aliphatic rings. The number of nitrogens with zero attached hydrogens (tertiary/aromatic N) is 3. The summed E-state index contributed by atoms with van der Waals surface area (Å²) in [4.78, 5) is 20.4. The molecule has 1 fully saturated rings. The summed E-state index contributed by atoms with van der Waals surface area (Å²) in [5.41, 5.74) is 1.03. The number of amides is 1. The smallest absolute Gasteiger partial charge is 0.247 e. The molecule has 1 saturated heterocycles. The second-order valence-corrected chi connectivity index (χ2v) is 5.80. The van der Waals surface area contributed by atoms with E-state index < -0.39 is 11.6 Å². The lowest BCUT2D eigenvalue weighted by Gasteiger charge is -2.46. The van der Waals surface area contributed by atoms with Crippen LogP contribution in [0.4, 0.5) is 5.69 Å². The highest BCUT2D eigenvalue weighted by Gasteiger charge is 2.40. The molecule has 2 heterocycles. The highest BCUT2D eigenvalue weighted by atomic mass is 16.3. The van der Waals surface area contributed by atoms with E-state index in [-0.39, 0.29) is 5.91 Å². The molecular weight excluding hydrogens is 254 g/mol. The summed E-state index contributed by atoms with van der Waals surface area (Å²) in [5.74, 6) is 0.112. The Bertz CT molecular complexity index is 484. The number of piperazine rings is 1. The highest BCUT2D eigenvalue weighted by Crippen LogP contribution is 2.28. The Hall–Kier alpha value is -1.62. The molecule has 0 radical (unpaired) electrons. The van der Waals surface area contributed by atoms with Crippen molar-refractivity contribution in [3.63, 3.8) is 0 Å². The van der Waals surface area contributed by atoms with E-state index in [1.54, 1.807) is 11.1 Å². The number of pyridine rings is 1. The number of carbonyl (C=O) groups is 1. The second-order valence-electron chi connectivity index (χ2n) is 5.80. The number of hydrogen-bond acceptors (Lipinski definition) is 4. The van der Waals surface area contributed by atoms with Crippen LogP contribution in [0.2, 0.25) is 0 Å². The van der Waals surface area contributed by atoms with Crippen molar-refractivity contribution in [3.05, 3.63) is 24.0 Å². The Balaban J connectivity index is 2.25. The van der Waals surface area contributed by atoms with Crippen LogP contribution in [0.5, 0.6) is 0 Å². The maximum atomic E-state index is 12.3. The van der Waals surface area contributed by atoms with Gasteiger partial charge in [-0.3, -0.25) is 9.78 Å². The number of anilines is 1. The summed E-state index contributed by atoms with van der Waals surface area (Å²) < 4.78 is 0. The monoisotopic (exact) mass is 277 g/mol. The van der Waals surface area contributed by atoms with E-state index in [0.29, 0.717) is 18.7 Å². The highest BCUT2D eigenvalue weighted by molar-refractivity contribution is 5.90. The van der Waals surface area contributed by atoms with Gasteiger partial charge < -0.3 is 14.9 Å². The SMILES string of the molecule is CCC(O)c1ccc(N2CCN(C)C(=O)C2(C)C)cn1. The maximum Gasteiger partial charge on any atom is 0.247 e. The molecular formula is C15H23N3O2. The first-order chi connectivity index (χ1) is 9.37. The summed E-state index contributed by atoms with van der Waals surface area (Å²) in [7, 11) is 1.83. The minimum atomic E-state index is -0.570. The van der Waals surface area contributed by atoms with Crippen molar-refractivity contribution in [3.8, 4) is 0 Å². The Morgan fingerprint density at radius 2 is 2.10 bits per heavy atom. The fourth-order valence-corrected chi connectivity index (χ4v) is 2.63. The van der Waals surface area contributed by atoms with Gasteiger partial charge in [0.2, 0.25) is 5.91 Å². The van der Waals surface area contributed by atoms with Gasteiger partial charge in [-0.1, -0.05) is 6.92 Å². The summed E-state index contributed by atoms with van der Waals surface area (Å²) in [6.07, 6.45) is 1.87. The summed E-state index contributed by atoms with van der Waals surface area (Å²) in [6.45, 7) is 7.27. The van der Waals surface area contributed by atoms with Crippen LogP contribution in [-0.4, -0.2) is 46.6 Å². The number of carbonyl (C=O) groups excluding carboxylic acids is 1. The molecule has 1 N–H and O–H groups in total. The molecule has 20 heavy (non-hydrogen) atoms. The van der Waals surface area contributed by atoms with E-state index in [1.807, 2.05) is 40.0 Å². The fraction of sp³-hybridized carbons (Fsp3) is 0.600. The van der Waals surface area contributed by atoms with Gasteiger partial charge in [0.05, 0.1) is 23.7 Å². The first kappa shape index (κ1) is 14.8. The second kappa shape index (κ2) is 5.40. The standard InChI is InChI=1S/C15H23N3O2/c1-5-13(19)12-7-6-11(10-16-12)18-9-8-17(4)14(20)15(18,2)3/h6-7,10,13,19H,5,8-9H2,1-4H3. The molecule has 0 aromatic carbocycles. The molecule has 0 aliphatic carbocycles. The summed E-state index contributed by atoms with van der Waals surface area (Å²) >= 11 is 0. The van der Waals surface area contributed by atoms with E-state index in [1.165, 1.54) is 0 Å². The molecule has 1 aliphatic heterocycles. The third-order valence-electron chi connectivity index (χ3n) is 4.01. The van der Waals surface area contributed by atoms with Crippen LogP contribution in [0.25, 0.3) is 0 Å². The van der Waals surface area contributed by atoms with Gasteiger partial charge in [0, 0.05) is 20.1 Å². The predicted octanol–water partition coefficient (Wildman–Crippen LogP) is 1.58. The van der Waals surface area contributed by atoms with Crippen molar-refractivity contribution in [1.29, 1.82) is 0 Å². The Labute approximate surface area is 120 Å². The molecule has 110 valence electrons. The summed E-state index contributed by atoms with van der Waals surface area (Å²) in [6, 6.07) is 3.77. The van der Waals surface area contributed by atoms with Crippen molar-refractivity contribution in [2.24, 2.45) is 0 Å². The lowest BCUT2D eigenvalue weighted by molar-refractivity contribution is -0.136. The Morgan fingerprint density at radius 1 is 1.40 bits per heavy atom. The molecule has 1 amide bonds. The number of aliphatic hydroxyl groups excluding tert-OH is 1. The lowest BCUT2D eigenvalue weighted by Crippen LogP contribution is -2.62. The molecule has 1 aromatic rings. The number of hydrogen-bond donors (Lipinski definition) is 1. The van der Waals surface area contributed by atoms with E-state index in [4.69, 9.17) is 0 Å². The molecule has 2 rings (SSSR count). The minimum Gasteiger partial charge on any atom is -0.387 e. The Morgan fingerprint density at radius 3 is 2.65 bits per heavy atom. The van der Waals surface area contributed by atoms with Gasteiger partial charge in [0.1, 0.15) is 5.54 Å². The van der Waals surface area contributed by atoms with Gasteiger partial charge in [-0.15, -0.1) is 0 Å². The van der Waals surface area contributed by atoms with Gasteiger partial charge in [-0.25, -0.2) is 0 Å². The Kier molecular flexibility index (Phi) is 3.99. The van der Waals surface area contributed by atoms with E-state index in [0.717, 1.165) is 12.2 Å². The zero-order valence-corrected chi connectivity index (χ0v) is 12.6. The molecule has 1 atom stereocenters. The quantitative estimate of drug-likeness (QED) is 0.911. The first-order valence-electron chi connectivity index (χ1n) is 7.05. The van der Waals surface area contributed by atoms with Crippen LogP contribution in [-0.2, 0) is 4.79 Å². The molecule has 5 heteroatoms. The van der Waals surface area contributed by atoms with Crippen LogP contribution in [0, 0.1) is 0 Å². The number of likely N-dealkylation sites (N-methyl/N-ethyl adjacent to an activating group) is 1. The van der Waals surface area contributed by atoms with Crippen molar-refractivity contribution in [1.82, 2.24) is 9.88 Å². The average molecular weight is 277 g/mol. The fourth-order valence-electron chi connectivity index (χ4n) is 2.63. The van der Waals surface area contributed by atoms with Gasteiger partial charge >= 0.3 is 0 Å². The zero-order chi connectivity index (χ0) is 14.9. The van der Waals surface area contributed by atoms with Crippen LogP contribution in [0.15, 0.2) is 18.3 Å². The normalized spacial score (nSPS) is 20.1. The van der Waals surface area contributed by atoms with Crippen molar-refractivity contribution in [2.45, 2.75) is 38.8 Å². The molecule has 0 bridgehead atoms. The van der Waals surface area contributed by atoms with Crippen LogP contribution in [0.3, 0.4) is 0 Å². The lowest BCUT2D eigenvalue weighted by atomic mass is 9.97. The predicted molar refractivity (Wildman–Crippen MR) is 78.5 cm³/mol. The first-order valence-corrected chi connectivity index (χ1v) is 7.05. The van der Waals surface area contributed by atoms with Crippen molar-refractivity contribution in [2.75, 3.05) is 25.0 Å². The van der Waals surface area contributed by atoms with E-state index in [9.17, 15) is 9.90 Å². The van der Waals surface area contributed by atoms with Crippen LogP contribution < -0.4 is 4.90 Å².